The summed E-state index contributed by atoms with van der Waals surface area (Å²) in [4.78, 5) is 22.1. The molecule has 2 aromatic carbocycles. The van der Waals surface area contributed by atoms with Gasteiger partial charge < -0.3 is 10.2 Å². The number of carbonyl (C=O) groups excluding carboxylic acids is 1. The molecule has 2 heterocycles. The molecular formula is C24H30N4OS. The van der Waals surface area contributed by atoms with E-state index < -0.39 is 0 Å². The minimum atomic E-state index is 0.0197. The van der Waals surface area contributed by atoms with E-state index in [0.717, 1.165) is 54.5 Å². The van der Waals surface area contributed by atoms with Crippen molar-refractivity contribution in [3.63, 3.8) is 0 Å². The van der Waals surface area contributed by atoms with Crippen molar-refractivity contribution in [3.8, 4) is 0 Å². The van der Waals surface area contributed by atoms with Crippen LogP contribution in [0.3, 0.4) is 0 Å². The van der Waals surface area contributed by atoms with Gasteiger partial charge in [-0.05, 0) is 56.5 Å². The molecule has 1 N–H and O–H groups in total. The van der Waals surface area contributed by atoms with Gasteiger partial charge in [0.1, 0.15) is 0 Å². The molecule has 0 spiro atoms. The summed E-state index contributed by atoms with van der Waals surface area (Å²) >= 11 is 1.80. The maximum absolute atomic E-state index is 12.4. The molecule has 1 saturated heterocycles. The smallest absolute Gasteiger partial charge is 0.251 e. The number of rotatable bonds is 5. The van der Waals surface area contributed by atoms with E-state index in [-0.39, 0.29) is 5.91 Å². The van der Waals surface area contributed by atoms with Gasteiger partial charge in [-0.1, -0.05) is 35.1 Å². The largest absolute Gasteiger partial charge is 0.351 e. The lowest BCUT2D eigenvalue weighted by Crippen LogP contribution is -2.48. The number of fused-ring (bicyclic) bond motifs is 1. The van der Waals surface area contributed by atoms with Gasteiger partial charge in [0.15, 0.2) is 5.13 Å². The number of aryl methyl sites for hydroxylation is 4. The predicted molar refractivity (Wildman–Crippen MR) is 126 cm³/mol. The number of hydrogen-bond donors (Lipinski definition) is 1. The van der Waals surface area contributed by atoms with E-state index in [0.29, 0.717) is 6.54 Å². The van der Waals surface area contributed by atoms with Crippen molar-refractivity contribution in [2.45, 2.75) is 27.7 Å². The molecule has 1 aromatic heterocycles. The van der Waals surface area contributed by atoms with Gasteiger partial charge in [-0.3, -0.25) is 9.69 Å². The summed E-state index contributed by atoms with van der Waals surface area (Å²) < 4.78 is 1.30. The number of benzene rings is 2. The van der Waals surface area contributed by atoms with Crippen LogP contribution >= 0.6 is 11.3 Å². The first-order valence-electron chi connectivity index (χ1n) is 10.6. The zero-order valence-electron chi connectivity index (χ0n) is 18.3. The van der Waals surface area contributed by atoms with Crippen LogP contribution in [0.2, 0.25) is 0 Å². The van der Waals surface area contributed by atoms with E-state index in [2.05, 4.69) is 47.2 Å². The number of aromatic nitrogens is 1. The Bertz CT molecular complexity index is 1070. The number of hydrogen-bond acceptors (Lipinski definition) is 5. The van der Waals surface area contributed by atoms with Crippen LogP contribution in [0.15, 0.2) is 30.3 Å². The number of piperazine rings is 1. The third kappa shape index (κ3) is 4.50. The van der Waals surface area contributed by atoms with Crippen LogP contribution in [0.5, 0.6) is 0 Å². The lowest BCUT2D eigenvalue weighted by atomic mass is 10.1. The molecule has 5 nitrogen and oxygen atoms in total. The standard InChI is InChI=1S/C24H30N4OS/c1-16-5-6-20(18(3)13-16)23(29)25-7-8-27-9-11-28(12-10-27)24-26-21-15-17(2)14-19(4)22(21)30-24/h5-6,13-15H,7-12H2,1-4H3,(H,25,29). The highest BCUT2D eigenvalue weighted by molar-refractivity contribution is 7.22. The van der Waals surface area contributed by atoms with Gasteiger partial charge in [-0.25, -0.2) is 4.98 Å². The average molecular weight is 423 g/mol. The van der Waals surface area contributed by atoms with Gasteiger partial charge in [0.25, 0.3) is 5.91 Å². The first-order chi connectivity index (χ1) is 14.4. The second-order valence-corrected chi connectivity index (χ2v) is 9.31. The fourth-order valence-corrected chi connectivity index (χ4v) is 5.22. The first kappa shape index (κ1) is 20.8. The minimum Gasteiger partial charge on any atom is -0.351 e. The third-order valence-electron chi connectivity index (χ3n) is 5.79. The van der Waals surface area contributed by atoms with Crippen LogP contribution in [-0.4, -0.2) is 55.1 Å². The Morgan fingerprint density at radius 3 is 2.47 bits per heavy atom. The number of thiazole rings is 1. The summed E-state index contributed by atoms with van der Waals surface area (Å²) in [5.74, 6) is 0.0197. The van der Waals surface area contributed by atoms with E-state index in [9.17, 15) is 4.79 Å². The second kappa shape index (κ2) is 8.74. The van der Waals surface area contributed by atoms with E-state index in [1.807, 2.05) is 26.0 Å². The van der Waals surface area contributed by atoms with E-state index in [1.54, 1.807) is 11.3 Å². The monoisotopic (exact) mass is 422 g/mol. The van der Waals surface area contributed by atoms with Gasteiger partial charge in [0.05, 0.1) is 10.2 Å². The average Bonchev–Trinajstić information content (AvgIpc) is 3.13. The number of nitrogens with zero attached hydrogens (tertiary/aromatic N) is 3. The van der Waals surface area contributed by atoms with Crippen molar-refractivity contribution in [1.82, 2.24) is 15.2 Å². The molecule has 30 heavy (non-hydrogen) atoms. The maximum atomic E-state index is 12.4. The van der Waals surface area contributed by atoms with Crippen LogP contribution in [0, 0.1) is 27.7 Å². The highest BCUT2D eigenvalue weighted by Crippen LogP contribution is 2.32. The molecule has 1 aliphatic rings. The Morgan fingerprint density at radius 2 is 1.73 bits per heavy atom. The predicted octanol–water partition coefficient (Wildman–Crippen LogP) is 4.08. The molecule has 6 heteroatoms. The lowest BCUT2D eigenvalue weighted by molar-refractivity contribution is 0.0947. The van der Waals surface area contributed by atoms with Crippen molar-refractivity contribution in [2.24, 2.45) is 0 Å². The Hall–Kier alpha value is -2.44. The fraction of sp³-hybridized carbons (Fsp3) is 0.417. The van der Waals surface area contributed by atoms with Crippen molar-refractivity contribution in [3.05, 3.63) is 58.1 Å². The molecule has 3 aromatic rings. The highest BCUT2D eigenvalue weighted by Gasteiger charge is 2.20. The third-order valence-corrected chi connectivity index (χ3v) is 7.06. The normalized spacial score (nSPS) is 15.0. The van der Waals surface area contributed by atoms with E-state index in [4.69, 9.17) is 4.98 Å². The van der Waals surface area contributed by atoms with Crippen LogP contribution in [-0.2, 0) is 0 Å². The van der Waals surface area contributed by atoms with Crippen molar-refractivity contribution in [2.75, 3.05) is 44.2 Å². The molecule has 1 fully saturated rings. The molecule has 0 aliphatic carbocycles. The Balaban J connectivity index is 1.28. The van der Waals surface area contributed by atoms with E-state index in [1.165, 1.54) is 21.4 Å². The fourth-order valence-electron chi connectivity index (χ4n) is 4.15. The zero-order chi connectivity index (χ0) is 21.3. The number of amides is 1. The van der Waals surface area contributed by atoms with Crippen molar-refractivity contribution in [1.29, 1.82) is 0 Å². The molecule has 0 atom stereocenters. The molecule has 0 bridgehead atoms. The number of nitrogens with one attached hydrogen (secondary N) is 1. The van der Waals surface area contributed by atoms with Gasteiger partial charge in [-0.2, -0.15) is 0 Å². The number of carbonyl (C=O) groups is 1. The van der Waals surface area contributed by atoms with Gasteiger partial charge in [0, 0.05) is 44.8 Å². The molecule has 4 rings (SSSR count). The van der Waals surface area contributed by atoms with Gasteiger partial charge in [0.2, 0.25) is 0 Å². The molecule has 1 aliphatic heterocycles. The molecule has 0 unspecified atom stereocenters. The lowest BCUT2D eigenvalue weighted by Gasteiger charge is -2.34. The second-order valence-electron chi connectivity index (χ2n) is 8.33. The SMILES string of the molecule is Cc1ccc(C(=O)NCCN2CCN(c3nc4cc(C)cc(C)c4s3)CC2)c(C)c1. The van der Waals surface area contributed by atoms with Crippen molar-refractivity contribution >= 4 is 32.6 Å². The van der Waals surface area contributed by atoms with Crippen molar-refractivity contribution < 1.29 is 4.79 Å². The van der Waals surface area contributed by atoms with Crippen LogP contribution in [0.1, 0.15) is 32.6 Å². The quantitative estimate of drug-likeness (QED) is 0.673. The summed E-state index contributed by atoms with van der Waals surface area (Å²) in [6, 6.07) is 10.4. The van der Waals surface area contributed by atoms with Crippen LogP contribution < -0.4 is 10.2 Å². The zero-order valence-corrected chi connectivity index (χ0v) is 19.1. The van der Waals surface area contributed by atoms with Gasteiger partial charge >= 0.3 is 0 Å². The Labute approximate surface area is 182 Å². The summed E-state index contributed by atoms with van der Waals surface area (Å²) in [5, 5.41) is 4.20. The topological polar surface area (TPSA) is 48.5 Å². The highest BCUT2D eigenvalue weighted by atomic mass is 32.1. The molecule has 0 radical (unpaired) electrons. The molecular weight excluding hydrogens is 392 g/mol. The number of anilines is 1. The Kier molecular flexibility index (Phi) is 6.06. The minimum absolute atomic E-state index is 0.0197. The summed E-state index contributed by atoms with van der Waals surface area (Å²) in [7, 11) is 0. The van der Waals surface area contributed by atoms with Crippen LogP contribution in [0.25, 0.3) is 10.2 Å². The summed E-state index contributed by atoms with van der Waals surface area (Å²) in [6.45, 7) is 13.8. The maximum Gasteiger partial charge on any atom is 0.251 e. The van der Waals surface area contributed by atoms with Gasteiger partial charge in [-0.15, -0.1) is 0 Å². The summed E-state index contributed by atoms with van der Waals surface area (Å²) in [6.07, 6.45) is 0. The Morgan fingerprint density at radius 1 is 1.00 bits per heavy atom. The van der Waals surface area contributed by atoms with E-state index >= 15 is 0 Å². The molecule has 158 valence electrons. The summed E-state index contributed by atoms with van der Waals surface area (Å²) in [5.41, 5.74) is 6.68. The molecule has 1 amide bonds. The molecule has 0 saturated carbocycles. The first-order valence-corrected chi connectivity index (χ1v) is 11.4. The van der Waals surface area contributed by atoms with Crippen LogP contribution in [0.4, 0.5) is 5.13 Å².